The van der Waals surface area contributed by atoms with Crippen LogP contribution in [-0.2, 0) is 0 Å². The Balaban J connectivity index is 1.43. The summed E-state index contributed by atoms with van der Waals surface area (Å²) in [7, 11) is 0. The number of hydrogen-bond acceptors (Lipinski definition) is 4. The van der Waals surface area contributed by atoms with E-state index in [0.717, 1.165) is 51.1 Å². The van der Waals surface area contributed by atoms with E-state index in [1.807, 2.05) is 23.9 Å². The first-order valence-electron chi connectivity index (χ1n) is 10.6. The Hall–Kier alpha value is -1.49. The standard InChI is InChI=1S/C24H34N2OS/c1-3-19-28-24-9-5-4-7-22(24)26-17-15-25(16-18-26)14-6-8-23(27)21-12-10-20(2)11-13-21/h4-5,7,9-13,23,27H,3,6,8,14-19H2,1-2H3/t23-/m0/s1. The van der Waals surface area contributed by atoms with E-state index in [2.05, 4.69) is 60.0 Å². The molecule has 0 radical (unpaired) electrons. The molecule has 1 aliphatic heterocycles. The second kappa shape index (κ2) is 10.9. The number of benzene rings is 2. The van der Waals surface area contributed by atoms with Crippen LogP contribution in [0.4, 0.5) is 5.69 Å². The Kier molecular flexibility index (Phi) is 8.26. The maximum absolute atomic E-state index is 10.4. The topological polar surface area (TPSA) is 26.7 Å². The van der Waals surface area contributed by atoms with Gasteiger partial charge in [-0.2, -0.15) is 0 Å². The van der Waals surface area contributed by atoms with Gasteiger partial charge >= 0.3 is 0 Å². The number of aryl methyl sites for hydroxylation is 1. The van der Waals surface area contributed by atoms with Crippen LogP contribution in [-0.4, -0.2) is 48.5 Å². The molecule has 0 amide bonds. The second-order valence-corrected chi connectivity index (χ2v) is 8.85. The second-order valence-electron chi connectivity index (χ2n) is 7.71. The van der Waals surface area contributed by atoms with Gasteiger partial charge in [0.05, 0.1) is 11.8 Å². The van der Waals surface area contributed by atoms with E-state index < -0.39 is 0 Å². The highest BCUT2D eigenvalue weighted by atomic mass is 32.2. The molecular formula is C24H34N2OS. The summed E-state index contributed by atoms with van der Waals surface area (Å²) >= 11 is 1.97. The van der Waals surface area contributed by atoms with Crippen LogP contribution in [0.3, 0.4) is 0 Å². The molecule has 1 aliphatic rings. The van der Waals surface area contributed by atoms with Crippen molar-refractivity contribution in [3.05, 3.63) is 59.7 Å². The third kappa shape index (κ3) is 6.00. The van der Waals surface area contributed by atoms with E-state index in [1.165, 1.54) is 28.3 Å². The monoisotopic (exact) mass is 398 g/mol. The number of anilines is 1. The van der Waals surface area contributed by atoms with Crippen molar-refractivity contribution in [1.29, 1.82) is 0 Å². The molecule has 0 aromatic heterocycles. The van der Waals surface area contributed by atoms with Crippen LogP contribution in [0.5, 0.6) is 0 Å². The molecule has 152 valence electrons. The normalized spacial score (nSPS) is 16.3. The molecule has 1 saturated heterocycles. The fourth-order valence-electron chi connectivity index (χ4n) is 3.73. The average Bonchev–Trinajstić information content (AvgIpc) is 2.73. The smallest absolute Gasteiger partial charge is 0.0790 e. The maximum atomic E-state index is 10.4. The SMILES string of the molecule is CCCSc1ccccc1N1CCN(CCC[C@H](O)c2ccc(C)cc2)CC1. The third-order valence-corrected chi connectivity index (χ3v) is 6.72. The first-order chi connectivity index (χ1) is 13.7. The zero-order valence-electron chi connectivity index (χ0n) is 17.3. The Morgan fingerprint density at radius 3 is 2.43 bits per heavy atom. The summed E-state index contributed by atoms with van der Waals surface area (Å²) < 4.78 is 0. The van der Waals surface area contributed by atoms with Crippen molar-refractivity contribution in [2.24, 2.45) is 0 Å². The highest BCUT2D eigenvalue weighted by Crippen LogP contribution is 2.31. The minimum Gasteiger partial charge on any atom is -0.388 e. The fourth-order valence-corrected chi connectivity index (χ4v) is 4.67. The molecule has 0 unspecified atom stereocenters. The summed E-state index contributed by atoms with van der Waals surface area (Å²) in [5, 5.41) is 10.4. The molecular weight excluding hydrogens is 364 g/mol. The maximum Gasteiger partial charge on any atom is 0.0790 e. The first-order valence-corrected chi connectivity index (χ1v) is 11.6. The Bertz CT molecular complexity index is 711. The molecule has 0 saturated carbocycles. The summed E-state index contributed by atoms with van der Waals surface area (Å²) in [5.74, 6) is 1.18. The number of aliphatic hydroxyl groups excluding tert-OH is 1. The fraction of sp³-hybridized carbons (Fsp3) is 0.500. The Labute approximate surface area is 174 Å². The first kappa shape index (κ1) is 21.2. The van der Waals surface area contributed by atoms with Gasteiger partial charge in [0.2, 0.25) is 0 Å². The summed E-state index contributed by atoms with van der Waals surface area (Å²) in [6.45, 7) is 9.78. The molecule has 1 N–H and O–H groups in total. The van der Waals surface area contributed by atoms with E-state index in [0.29, 0.717) is 0 Å². The van der Waals surface area contributed by atoms with Gasteiger partial charge in [-0.25, -0.2) is 0 Å². The molecule has 0 spiro atoms. The van der Waals surface area contributed by atoms with Crippen LogP contribution in [0, 0.1) is 6.92 Å². The van der Waals surface area contributed by atoms with Gasteiger partial charge < -0.3 is 10.0 Å². The molecule has 4 heteroatoms. The Morgan fingerprint density at radius 1 is 1.00 bits per heavy atom. The molecule has 28 heavy (non-hydrogen) atoms. The van der Waals surface area contributed by atoms with Gasteiger partial charge in [0.1, 0.15) is 0 Å². The number of para-hydroxylation sites is 1. The average molecular weight is 399 g/mol. The number of hydrogen-bond donors (Lipinski definition) is 1. The van der Waals surface area contributed by atoms with Crippen LogP contribution < -0.4 is 4.90 Å². The Morgan fingerprint density at radius 2 is 1.71 bits per heavy atom. The van der Waals surface area contributed by atoms with Crippen molar-refractivity contribution < 1.29 is 5.11 Å². The van der Waals surface area contributed by atoms with Gasteiger partial charge in [-0.15, -0.1) is 11.8 Å². The van der Waals surface area contributed by atoms with E-state index in [4.69, 9.17) is 0 Å². The summed E-state index contributed by atoms with van der Waals surface area (Å²) in [5.41, 5.74) is 3.68. The van der Waals surface area contributed by atoms with Gasteiger partial charge in [-0.3, -0.25) is 4.90 Å². The molecule has 3 nitrogen and oxygen atoms in total. The lowest BCUT2D eigenvalue weighted by molar-refractivity contribution is 0.154. The lowest BCUT2D eigenvalue weighted by atomic mass is 10.0. The van der Waals surface area contributed by atoms with Gasteiger partial charge in [-0.05, 0) is 56.2 Å². The molecule has 0 aliphatic carbocycles. The van der Waals surface area contributed by atoms with E-state index in [9.17, 15) is 5.11 Å². The molecule has 3 rings (SSSR count). The van der Waals surface area contributed by atoms with Crippen LogP contribution in [0.15, 0.2) is 53.4 Å². The number of thioether (sulfide) groups is 1. The lowest BCUT2D eigenvalue weighted by Gasteiger charge is -2.37. The number of aliphatic hydroxyl groups is 1. The zero-order chi connectivity index (χ0) is 19.8. The summed E-state index contributed by atoms with van der Waals surface area (Å²) in [4.78, 5) is 6.49. The summed E-state index contributed by atoms with van der Waals surface area (Å²) in [6, 6.07) is 17.1. The van der Waals surface area contributed by atoms with Gasteiger partial charge in [-0.1, -0.05) is 48.9 Å². The van der Waals surface area contributed by atoms with Crippen molar-refractivity contribution in [3.8, 4) is 0 Å². The van der Waals surface area contributed by atoms with Crippen LogP contribution in [0.1, 0.15) is 43.4 Å². The lowest BCUT2D eigenvalue weighted by Crippen LogP contribution is -2.46. The number of rotatable bonds is 9. The minimum atomic E-state index is -0.343. The molecule has 1 heterocycles. The van der Waals surface area contributed by atoms with Gasteiger partial charge in [0.15, 0.2) is 0 Å². The van der Waals surface area contributed by atoms with Crippen LogP contribution >= 0.6 is 11.8 Å². The molecule has 1 atom stereocenters. The minimum absolute atomic E-state index is 0.343. The third-order valence-electron chi connectivity index (χ3n) is 5.45. The molecule has 1 fully saturated rings. The zero-order valence-corrected chi connectivity index (χ0v) is 18.1. The van der Waals surface area contributed by atoms with Crippen molar-refractivity contribution in [1.82, 2.24) is 4.90 Å². The highest BCUT2D eigenvalue weighted by Gasteiger charge is 2.19. The van der Waals surface area contributed by atoms with E-state index in [-0.39, 0.29) is 6.10 Å². The largest absolute Gasteiger partial charge is 0.388 e. The van der Waals surface area contributed by atoms with E-state index >= 15 is 0 Å². The quantitative estimate of drug-likeness (QED) is 0.592. The number of nitrogens with zero attached hydrogens (tertiary/aromatic N) is 2. The predicted octanol–water partition coefficient (Wildman–Crippen LogP) is 5.13. The van der Waals surface area contributed by atoms with Gasteiger partial charge in [0.25, 0.3) is 0 Å². The highest BCUT2D eigenvalue weighted by molar-refractivity contribution is 7.99. The van der Waals surface area contributed by atoms with Crippen LogP contribution in [0.2, 0.25) is 0 Å². The van der Waals surface area contributed by atoms with Crippen LogP contribution in [0.25, 0.3) is 0 Å². The van der Waals surface area contributed by atoms with E-state index in [1.54, 1.807) is 0 Å². The molecule has 2 aromatic rings. The predicted molar refractivity (Wildman–Crippen MR) is 121 cm³/mol. The van der Waals surface area contributed by atoms with Crippen molar-refractivity contribution in [2.75, 3.05) is 43.4 Å². The summed E-state index contributed by atoms with van der Waals surface area (Å²) in [6.07, 6.45) is 2.74. The van der Waals surface area contributed by atoms with Crippen molar-refractivity contribution >= 4 is 17.4 Å². The van der Waals surface area contributed by atoms with Crippen molar-refractivity contribution in [2.45, 2.75) is 44.1 Å². The van der Waals surface area contributed by atoms with Gasteiger partial charge in [0, 0.05) is 31.1 Å². The molecule has 2 aromatic carbocycles. The number of piperazine rings is 1. The van der Waals surface area contributed by atoms with Crippen molar-refractivity contribution in [3.63, 3.8) is 0 Å². The molecule has 0 bridgehead atoms.